The quantitative estimate of drug-likeness (QED) is 0.659. The molecule has 0 aliphatic heterocycles. The van der Waals surface area contributed by atoms with Crippen LogP contribution >= 0.6 is 11.8 Å². The lowest BCUT2D eigenvalue weighted by atomic mass is 10.1. The molecule has 2 aromatic rings. The summed E-state index contributed by atoms with van der Waals surface area (Å²) < 4.78 is 25.7. The zero-order valence-electron chi connectivity index (χ0n) is 12.9. The first-order chi connectivity index (χ1) is 10.7. The molecule has 23 heavy (non-hydrogen) atoms. The van der Waals surface area contributed by atoms with Crippen LogP contribution in [0.4, 0.5) is 5.69 Å². The first-order valence-electron chi connectivity index (χ1n) is 6.71. The Balaban J connectivity index is 2.46. The van der Waals surface area contributed by atoms with Crippen LogP contribution in [0, 0.1) is 24.0 Å². The summed E-state index contributed by atoms with van der Waals surface area (Å²) in [7, 11) is -2.46. The van der Waals surface area contributed by atoms with Gasteiger partial charge in [0.05, 0.1) is 14.7 Å². The Morgan fingerprint density at radius 1 is 1.09 bits per heavy atom. The third-order valence-corrected chi connectivity index (χ3v) is 5.88. The molecule has 6 nitrogen and oxygen atoms in total. The van der Waals surface area contributed by atoms with Crippen molar-refractivity contribution in [2.75, 3.05) is 7.05 Å². The van der Waals surface area contributed by atoms with Crippen LogP contribution in [0.15, 0.2) is 51.1 Å². The molecule has 0 atom stereocenters. The van der Waals surface area contributed by atoms with Crippen LogP contribution < -0.4 is 4.72 Å². The van der Waals surface area contributed by atoms with E-state index in [2.05, 4.69) is 4.72 Å². The van der Waals surface area contributed by atoms with Crippen molar-refractivity contribution in [1.82, 2.24) is 4.72 Å². The van der Waals surface area contributed by atoms with Gasteiger partial charge in [-0.15, -0.1) is 0 Å². The highest BCUT2D eigenvalue weighted by Gasteiger charge is 2.21. The lowest BCUT2D eigenvalue weighted by Crippen LogP contribution is -2.18. The summed E-state index contributed by atoms with van der Waals surface area (Å²) in [6.45, 7) is 3.96. The molecule has 0 radical (unpaired) electrons. The van der Waals surface area contributed by atoms with Crippen molar-refractivity contribution >= 4 is 27.5 Å². The predicted molar refractivity (Wildman–Crippen MR) is 89.4 cm³/mol. The molecule has 0 unspecified atom stereocenters. The lowest BCUT2D eigenvalue weighted by molar-refractivity contribution is -0.388. The standard InChI is InChI=1S/C15H16N2O4S2/c1-10-4-5-12(8-11(10)2)22-15-7-6-13(23(20,21)16-3)9-14(15)17(18)19/h4-9,16H,1-3H3. The molecule has 0 aliphatic rings. The van der Waals surface area contributed by atoms with Crippen LogP contribution in [0.5, 0.6) is 0 Å². The van der Waals surface area contributed by atoms with E-state index in [1.54, 1.807) is 0 Å². The highest BCUT2D eigenvalue weighted by molar-refractivity contribution is 7.99. The highest BCUT2D eigenvalue weighted by atomic mass is 32.2. The fraction of sp³-hybridized carbons (Fsp3) is 0.200. The maximum atomic E-state index is 11.8. The number of hydrogen-bond donors (Lipinski definition) is 1. The third-order valence-electron chi connectivity index (χ3n) is 3.41. The Bertz CT molecular complexity index is 864. The number of nitro benzene ring substituents is 1. The number of nitrogens with one attached hydrogen (secondary N) is 1. The maximum Gasteiger partial charge on any atom is 0.284 e. The molecule has 0 heterocycles. The Hall–Kier alpha value is -1.90. The fourth-order valence-electron chi connectivity index (χ4n) is 1.92. The zero-order chi connectivity index (χ0) is 17.2. The Labute approximate surface area is 139 Å². The molecule has 0 saturated heterocycles. The van der Waals surface area contributed by atoms with Crippen LogP contribution in [-0.2, 0) is 10.0 Å². The van der Waals surface area contributed by atoms with Gasteiger partial charge < -0.3 is 0 Å². The molecule has 2 aromatic carbocycles. The van der Waals surface area contributed by atoms with Crippen molar-refractivity contribution < 1.29 is 13.3 Å². The molecule has 0 spiro atoms. The van der Waals surface area contributed by atoms with Crippen molar-refractivity contribution in [2.45, 2.75) is 28.5 Å². The highest BCUT2D eigenvalue weighted by Crippen LogP contribution is 2.36. The summed E-state index contributed by atoms with van der Waals surface area (Å²) >= 11 is 1.24. The van der Waals surface area contributed by atoms with E-state index >= 15 is 0 Å². The van der Waals surface area contributed by atoms with Gasteiger partial charge in [-0.05, 0) is 56.3 Å². The maximum absolute atomic E-state index is 11.8. The minimum absolute atomic E-state index is 0.129. The molecular weight excluding hydrogens is 336 g/mol. The van der Waals surface area contributed by atoms with E-state index in [1.807, 2.05) is 32.0 Å². The third kappa shape index (κ3) is 3.90. The van der Waals surface area contributed by atoms with Gasteiger partial charge in [0, 0.05) is 11.0 Å². The first-order valence-corrected chi connectivity index (χ1v) is 9.01. The van der Waals surface area contributed by atoms with Crippen molar-refractivity contribution in [3.05, 3.63) is 57.6 Å². The molecule has 0 bridgehead atoms. The topological polar surface area (TPSA) is 89.3 Å². The van der Waals surface area contributed by atoms with Crippen molar-refractivity contribution in [3.63, 3.8) is 0 Å². The molecule has 1 N–H and O–H groups in total. The lowest BCUT2D eigenvalue weighted by Gasteiger charge is -2.08. The number of rotatable bonds is 5. The second-order valence-corrected chi connectivity index (χ2v) is 7.94. The zero-order valence-corrected chi connectivity index (χ0v) is 14.5. The van der Waals surface area contributed by atoms with E-state index in [0.29, 0.717) is 4.90 Å². The van der Waals surface area contributed by atoms with Gasteiger partial charge in [-0.2, -0.15) is 0 Å². The summed E-state index contributed by atoms with van der Waals surface area (Å²) in [5, 5.41) is 11.3. The van der Waals surface area contributed by atoms with Crippen LogP contribution in [-0.4, -0.2) is 20.4 Å². The Morgan fingerprint density at radius 2 is 1.78 bits per heavy atom. The summed E-state index contributed by atoms with van der Waals surface area (Å²) in [5.41, 5.74) is 2.00. The van der Waals surface area contributed by atoms with Crippen LogP contribution in [0.25, 0.3) is 0 Å². The average Bonchev–Trinajstić information content (AvgIpc) is 2.51. The van der Waals surface area contributed by atoms with Gasteiger partial charge in [0.15, 0.2) is 0 Å². The molecule has 2 rings (SSSR count). The van der Waals surface area contributed by atoms with Gasteiger partial charge in [0.25, 0.3) is 5.69 Å². The van der Waals surface area contributed by atoms with Gasteiger partial charge in [-0.3, -0.25) is 10.1 Å². The number of nitrogens with zero attached hydrogens (tertiary/aromatic N) is 1. The Kier molecular flexibility index (Phi) is 5.08. The summed E-state index contributed by atoms with van der Waals surface area (Å²) in [4.78, 5) is 11.8. The van der Waals surface area contributed by atoms with E-state index in [9.17, 15) is 18.5 Å². The molecule has 0 aliphatic carbocycles. The molecule has 8 heteroatoms. The number of aryl methyl sites for hydroxylation is 2. The average molecular weight is 352 g/mol. The van der Waals surface area contributed by atoms with Gasteiger partial charge >= 0.3 is 0 Å². The van der Waals surface area contributed by atoms with Crippen molar-refractivity contribution in [1.29, 1.82) is 0 Å². The summed E-state index contributed by atoms with van der Waals surface area (Å²) in [6.07, 6.45) is 0. The number of sulfonamides is 1. The monoisotopic (exact) mass is 352 g/mol. The minimum atomic E-state index is -3.72. The molecule has 0 fully saturated rings. The first kappa shape index (κ1) is 17.5. The van der Waals surface area contributed by atoms with E-state index in [1.165, 1.54) is 30.9 Å². The smallest absolute Gasteiger partial charge is 0.258 e. The number of hydrogen-bond acceptors (Lipinski definition) is 5. The Morgan fingerprint density at radius 3 is 2.35 bits per heavy atom. The number of nitro groups is 1. The molecule has 0 saturated carbocycles. The molecule has 0 aromatic heterocycles. The summed E-state index contributed by atoms with van der Waals surface area (Å²) in [5.74, 6) is 0. The molecule has 0 amide bonds. The van der Waals surface area contributed by atoms with E-state index in [0.717, 1.165) is 22.1 Å². The SMILES string of the molecule is CNS(=O)(=O)c1ccc(Sc2ccc(C)c(C)c2)c([N+](=O)[O-])c1. The summed E-state index contributed by atoms with van der Waals surface area (Å²) in [6, 6.07) is 9.68. The predicted octanol–water partition coefficient (Wildman–Crippen LogP) is 3.27. The van der Waals surface area contributed by atoms with Crippen molar-refractivity contribution in [3.8, 4) is 0 Å². The second-order valence-electron chi connectivity index (χ2n) is 4.94. The van der Waals surface area contributed by atoms with Gasteiger partial charge in [0.1, 0.15) is 0 Å². The van der Waals surface area contributed by atoms with E-state index in [-0.39, 0.29) is 10.6 Å². The van der Waals surface area contributed by atoms with Crippen molar-refractivity contribution in [2.24, 2.45) is 0 Å². The molecule has 122 valence electrons. The largest absolute Gasteiger partial charge is 0.284 e. The van der Waals surface area contributed by atoms with Gasteiger partial charge in [-0.1, -0.05) is 17.8 Å². The van der Waals surface area contributed by atoms with Gasteiger partial charge in [0.2, 0.25) is 10.0 Å². The number of benzene rings is 2. The van der Waals surface area contributed by atoms with E-state index in [4.69, 9.17) is 0 Å². The molecular formula is C15H16N2O4S2. The van der Waals surface area contributed by atoms with Gasteiger partial charge in [-0.25, -0.2) is 13.1 Å². The van der Waals surface area contributed by atoms with Crippen LogP contribution in [0.1, 0.15) is 11.1 Å². The minimum Gasteiger partial charge on any atom is -0.258 e. The van der Waals surface area contributed by atoms with Crippen LogP contribution in [0.2, 0.25) is 0 Å². The second kappa shape index (κ2) is 6.69. The normalized spacial score (nSPS) is 11.4. The van der Waals surface area contributed by atoms with E-state index < -0.39 is 14.9 Å². The van der Waals surface area contributed by atoms with Crippen LogP contribution in [0.3, 0.4) is 0 Å². The fourth-order valence-corrected chi connectivity index (χ4v) is 3.67.